The summed E-state index contributed by atoms with van der Waals surface area (Å²) in [5.74, 6) is 0.933. The maximum absolute atomic E-state index is 8.93. The molecule has 0 fully saturated rings. The van der Waals surface area contributed by atoms with Gasteiger partial charge in [-0.3, -0.25) is 0 Å². The van der Waals surface area contributed by atoms with Gasteiger partial charge in [0.25, 0.3) is 0 Å². The fourth-order valence-electron chi connectivity index (χ4n) is 3.73. The van der Waals surface area contributed by atoms with Crippen molar-refractivity contribution in [3.63, 3.8) is 0 Å². The molecule has 0 saturated heterocycles. The molecule has 0 aliphatic heterocycles. The summed E-state index contributed by atoms with van der Waals surface area (Å²) >= 11 is 0. The Hall–Kier alpha value is -2.93. The summed E-state index contributed by atoms with van der Waals surface area (Å²) in [6.45, 7) is 1.57. The molecular formula is C27H27O2P. The summed E-state index contributed by atoms with van der Waals surface area (Å²) in [5.41, 5.74) is 0. The van der Waals surface area contributed by atoms with E-state index in [-0.39, 0.29) is 6.61 Å². The minimum Gasteiger partial charge on any atom is -0.855 e. The molecule has 30 heavy (non-hydrogen) atoms. The molecule has 0 radical (unpaired) electrons. The van der Waals surface area contributed by atoms with E-state index in [0.29, 0.717) is 0 Å². The quantitative estimate of drug-likeness (QED) is 0.467. The fourth-order valence-corrected chi connectivity index (χ4v) is 8.12. The molecule has 0 amide bonds. The van der Waals surface area contributed by atoms with Crippen LogP contribution in [0.4, 0.5) is 0 Å². The van der Waals surface area contributed by atoms with Crippen LogP contribution in [0, 0.1) is 0 Å². The summed E-state index contributed by atoms with van der Waals surface area (Å²) in [6, 6.07) is 41.0. The van der Waals surface area contributed by atoms with Crippen LogP contribution in [0.5, 0.6) is 5.75 Å². The lowest BCUT2D eigenvalue weighted by Crippen LogP contribution is -2.39. The molecule has 4 aromatic carbocycles. The van der Waals surface area contributed by atoms with E-state index < -0.39 is 7.26 Å². The van der Waals surface area contributed by atoms with E-state index in [2.05, 4.69) is 109 Å². The maximum Gasteiger partial charge on any atom is 0.162 e. The summed E-state index contributed by atoms with van der Waals surface area (Å²) in [6.07, 6.45) is 0. The van der Waals surface area contributed by atoms with Crippen LogP contribution in [0.25, 0.3) is 0 Å². The van der Waals surface area contributed by atoms with Crippen molar-refractivity contribution in [3.05, 3.63) is 115 Å². The average molecular weight is 414 g/mol. The molecule has 0 atom stereocenters. The number of hydrogen-bond acceptors (Lipinski definition) is 2. The zero-order valence-corrected chi connectivity index (χ0v) is 18.3. The van der Waals surface area contributed by atoms with Crippen LogP contribution in [0.1, 0.15) is 6.92 Å². The Morgan fingerprint density at radius 3 is 1.30 bits per heavy atom. The van der Waals surface area contributed by atoms with Crippen LogP contribution < -0.4 is 31.1 Å². The first-order valence-electron chi connectivity index (χ1n) is 10.1. The van der Waals surface area contributed by atoms with Gasteiger partial charge < -0.3 is 9.84 Å². The first kappa shape index (κ1) is 21.8. The number of ether oxygens (including phenoxy) is 1. The van der Waals surface area contributed by atoms with Crippen LogP contribution in [0.15, 0.2) is 115 Å². The fraction of sp³-hybridized carbons (Fsp3) is 0.111. The first-order valence-corrected chi connectivity index (χ1v) is 11.9. The van der Waals surface area contributed by atoms with Gasteiger partial charge in [-0.25, -0.2) is 0 Å². The lowest BCUT2D eigenvalue weighted by molar-refractivity contribution is -0.361. The molecule has 0 N–H and O–H groups in total. The zero-order chi connectivity index (χ0) is 21.2. The van der Waals surface area contributed by atoms with Gasteiger partial charge >= 0.3 is 0 Å². The normalized spacial score (nSPS) is 10.6. The van der Waals surface area contributed by atoms with Crippen LogP contribution in [-0.2, 0) is 0 Å². The highest BCUT2D eigenvalue weighted by atomic mass is 31.2. The van der Waals surface area contributed by atoms with Crippen LogP contribution >= 0.6 is 7.26 Å². The van der Waals surface area contributed by atoms with Crippen molar-refractivity contribution in [3.8, 4) is 5.75 Å². The highest BCUT2D eigenvalue weighted by molar-refractivity contribution is 8.01. The summed E-state index contributed by atoms with van der Waals surface area (Å²) in [7, 11) is -0.326. The molecule has 4 aromatic rings. The lowest BCUT2D eigenvalue weighted by Gasteiger charge is -2.28. The molecule has 0 heterocycles. The summed E-state index contributed by atoms with van der Waals surface area (Å²) < 4.78 is 5.84. The van der Waals surface area contributed by atoms with E-state index in [0.717, 1.165) is 5.75 Å². The second-order valence-corrected chi connectivity index (χ2v) is 10.0. The van der Waals surface area contributed by atoms with Crippen molar-refractivity contribution in [2.75, 3.05) is 13.7 Å². The van der Waals surface area contributed by atoms with Gasteiger partial charge in [-0.05, 0) is 48.5 Å². The second-order valence-electron chi connectivity index (χ2n) is 6.64. The average Bonchev–Trinajstić information content (AvgIpc) is 2.83. The van der Waals surface area contributed by atoms with Crippen molar-refractivity contribution in [2.24, 2.45) is 0 Å². The first-order chi connectivity index (χ1) is 14.8. The predicted molar refractivity (Wildman–Crippen MR) is 128 cm³/mol. The summed E-state index contributed by atoms with van der Waals surface area (Å²) in [4.78, 5) is 0. The van der Waals surface area contributed by atoms with Gasteiger partial charge in [-0.2, -0.15) is 0 Å². The van der Waals surface area contributed by atoms with Crippen LogP contribution in [-0.4, -0.2) is 13.7 Å². The van der Waals surface area contributed by atoms with E-state index in [9.17, 15) is 0 Å². The highest BCUT2D eigenvalue weighted by Crippen LogP contribution is 2.55. The lowest BCUT2D eigenvalue weighted by atomic mass is 10.3. The smallest absolute Gasteiger partial charge is 0.162 e. The number of benzene rings is 4. The van der Waals surface area contributed by atoms with Crippen molar-refractivity contribution in [1.82, 2.24) is 0 Å². The van der Waals surface area contributed by atoms with Gasteiger partial charge in [-0.1, -0.05) is 73.7 Å². The summed E-state index contributed by atoms with van der Waals surface area (Å²) in [5, 5.41) is 14.2. The molecule has 0 bridgehead atoms. The molecule has 4 rings (SSSR count). The van der Waals surface area contributed by atoms with Gasteiger partial charge in [-0.15, -0.1) is 6.61 Å². The highest BCUT2D eigenvalue weighted by Gasteiger charge is 2.49. The minimum atomic E-state index is -2.08. The van der Waals surface area contributed by atoms with Gasteiger partial charge in [0.1, 0.15) is 23.2 Å². The van der Waals surface area contributed by atoms with Crippen molar-refractivity contribution < 1.29 is 9.84 Å². The molecule has 152 valence electrons. The molecule has 2 nitrogen and oxygen atoms in total. The van der Waals surface area contributed by atoms with Gasteiger partial charge in [0.2, 0.25) is 0 Å². The Labute approximate surface area is 180 Å². The Morgan fingerprint density at radius 1 is 0.600 bits per heavy atom. The van der Waals surface area contributed by atoms with E-state index >= 15 is 0 Å². The Balaban J connectivity index is 0.000000806. The molecular weight excluding hydrogens is 387 g/mol. The van der Waals surface area contributed by atoms with E-state index in [4.69, 9.17) is 9.84 Å². The molecule has 0 saturated carbocycles. The Morgan fingerprint density at radius 2 is 0.933 bits per heavy atom. The molecule has 0 spiro atoms. The monoisotopic (exact) mass is 414 g/mol. The van der Waals surface area contributed by atoms with Crippen LogP contribution in [0.2, 0.25) is 0 Å². The predicted octanol–water partition coefficient (Wildman–Crippen LogP) is 3.68. The number of methoxy groups -OCH3 is 1. The standard InChI is InChI=1S/C25H22OP.C2H5O/c1-26-24-19-11-12-20-25(24)27(21-13-5-2-6-14-21,22-15-7-3-8-16-22)23-17-9-4-10-18-23;1-2-3/h2-20H,1H3;2H2,1H3/q+1;-1. The largest absolute Gasteiger partial charge is 0.855 e. The van der Waals surface area contributed by atoms with E-state index in [1.165, 1.54) is 21.2 Å². The third-order valence-electron chi connectivity index (χ3n) is 4.88. The van der Waals surface area contributed by atoms with Gasteiger partial charge in [0.05, 0.1) is 7.11 Å². The van der Waals surface area contributed by atoms with Crippen molar-refractivity contribution in [2.45, 2.75) is 6.92 Å². The minimum absolute atomic E-state index is 0. The Kier molecular flexibility index (Phi) is 7.79. The SMILES string of the molecule is CC[O-].COc1ccccc1[P+](c1ccccc1)(c1ccccc1)c1ccccc1. The molecule has 0 unspecified atom stereocenters. The molecule has 3 heteroatoms. The number of hydrogen-bond donors (Lipinski definition) is 0. The van der Waals surface area contributed by atoms with Crippen LogP contribution in [0.3, 0.4) is 0 Å². The molecule has 0 aliphatic rings. The zero-order valence-electron chi connectivity index (χ0n) is 17.4. The maximum atomic E-state index is 8.93. The van der Waals surface area contributed by atoms with Gasteiger partial charge in [0.15, 0.2) is 11.1 Å². The number of rotatable bonds is 5. The second kappa shape index (κ2) is 10.7. The molecule has 0 aliphatic carbocycles. The molecule has 0 aromatic heterocycles. The third kappa shape index (κ3) is 4.31. The van der Waals surface area contributed by atoms with Crippen molar-refractivity contribution >= 4 is 28.5 Å². The third-order valence-corrected chi connectivity index (χ3v) is 9.19. The van der Waals surface area contributed by atoms with E-state index in [1.807, 2.05) is 6.07 Å². The van der Waals surface area contributed by atoms with Gasteiger partial charge in [0, 0.05) is 0 Å². The topological polar surface area (TPSA) is 32.3 Å². The number of para-hydroxylation sites is 1. The van der Waals surface area contributed by atoms with E-state index in [1.54, 1.807) is 14.0 Å². The Bertz CT molecular complexity index is 922. The van der Waals surface area contributed by atoms with Crippen molar-refractivity contribution in [1.29, 1.82) is 0 Å².